The van der Waals surface area contributed by atoms with Crippen molar-refractivity contribution in [3.63, 3.8) is 0 Å². The maximum absolute atomic E-state index is 12.8. The highest BCUT2D eigenvalue weighted by Gasteiger charge is 2.32. The Balaban J connectivity index is 1.54. The average molecular weight is 483 g/mol. The molecule has 1 heterocycles. The van der Waals surface area contributed by atoms with Gasteiger partial charge in [-0.1, -0.05) is 60.5 Å². The Bertz CT molecular complexity index is 1020. The lowest BCUT2D eigenvalue weighted by Crippen LogP contribution is -2.43. The predicted octanol–water partition coefficient (Wildman–Crippen LogP) is 4.98. The van der Waals surface area contributed by atoms with E-state index >= 15 is 0 Å². The fourth-order valence-electron chi connectivity index (χ4n) is 3.78. The van der Waals surface area contributed by atoms with Crippen LogP contribution in [0, 0.1) is 5.92 Å². The quantitative estimate of drug-likeness (QED) is 0.605. The van der Waals surface area contributed by atoms with Gasteiger partial charge in [-0.05, 0) is 55.0 Å². The van der Waals surface area contributed by atoms with Crippen LogP contribution in [0.5, 0.6) is 0 Å². The molecule has 31 heavy (non-hydrogen) atoms. The second-order valence-corrected chi connectivity index (χ2v) is 10.8. The van der Waals surface area contributed by atoms with E-state index in [1.165, 1.54) is 9.87 Å². The highest BCUT2D eigenvalue weighted by molar-refractivity contribution is 7.88. The highest BCUT2D eigenvalue weighted by atomic mass is 35.5. The van der Waals surface area contributed by atoms with E-state index in [1.54, 1.807) is 18.2 Å². The first-order chi connectivity index (χ1) is 14.7. The largest absolute Gasteiger partial charge is 0.349 e. The summed E-state index contributed by atoms with van der Waals surface area (Å²) < 4.78 is 27.1. The molecule has 1 unspecified atom stereocenters. The molecule has 5 nitrogen and oxygen atoms in total. The van der Waals surface area contributed by atoms with Gasteiger partial charge in [-0.2, -0.15) is 0 Å². The Morgan fingerprint density at radius 2 is 1.77 bits per heavy atom. The van der Waals surface area contributed by atoms with E-state index in [0.29, 0.717) is 41.5 Å². The van der Waals surface area contributed by atoms with Crippen molar-refractivity contribution >= 4 is 39.1 Å². The van der Waals surface area contributed by atoms with E-state index in [9.17, 15) is 13.2 Å². The summed E-state index contributed by atoms with van der Waals surface area (Å²) in [6, 6.07) is 13.0. The number of sulfonamides is 1. The topological polar surface area (TPSA) is 66.5 Å². The molecule has 0 bridgehead atoms. The van der Waals surface area contributed by atoms with Crippen LogP contribution < -0.4 is 5.32 Å². The van der Waals surface area contributed by atoms with Gasteiger partial charge in [0.25, 0.3) is 0 Å². The molecular weight excluding hydrogens is 455 g/mol. The van der Waals surface area contributed by atoms with E-state index in [0.717, 1.165) is 12.0 Å². The smallest absolute Gasteiger partial charge is 0.223 e. The molecule has 0 spiro atoms. The minimum absolute atomic E-state index is 0.0233. The second kappa shape index (κ2) is 10.3. The van der Waals surface area contributed by atoms with Gasteiger partial charge in [0.2, 0.25) is 15.9 Å². The van der Waals surface area contributed by atoms with Gasteiger partial charge in [-0.25, -0.2) is 12.7 Å². The fraction of sp³-hybridized carbons (Fsp3) is 0.435. The third kappa shape index (κ3) is 6.22. The van der Waals surface area contributed by atoms with Crippen LogP contribution in [0.25, 0.3) is 0 Å². The second-order valence-electron chi connectivity index (χ2n) is 7.99. The third-order valence-corrected chi connectivity index (χ3v) is 8.23. The van der Waals surface area contributed by atoms with Crippen molar-refractivity contribution in [3.05, 3.63) is 69.2 Å². The molecule has 1 fully saturated rings. The van der Waals surface area contributed by atoms with Crippen molar-refractivity contribution in [2.24, 2.45) is 5.92 Å². The van der Waals surface area contributed by atoms with Crippen molar-refractivity contribution in [2.75, 3.05) is 13.1 Å². The Hall–Kier alpha value is -1.60. The molecule has 1 aliphatic rings. The number of halogens is 2. The van der Waals surface area contributed by atoms with Gasteiger partial charge < -0.3 is 5.32 Å². The normalized spacial score (nSPS) is 16.8. The monoisotopic (exact) mass is 482 g/mol. The van der Waals surface area contributed by atoms with Crippen molar-refractivity contribution in [1.29, 1.82) is 0 Å². The Morgan fingerprint density at radius 3 is 2.35 bits per heavy atom. The van der Waals surface area contributed by atoms with E-state index in [2.05, 4.69) is 24.4 Å². The average Bonchev–Trinajstić information content (AvgIpc) is 2.75. The number of nitrogens with zero attached hydrogens (tertiary/aromatic N) is 1. The molecule has 168 valence electrons. The number of piperidine rings is 1. The lowest BCUT2D eigenvalue weighted by Gasteiger charge is -2.31. The standard InChI is InChI=1S/C23H28Cl2N2O3S/c1-3-17-4-6-18(7-5-17)16(2)26-23(28)19-10-12-27(13-11-19)31(29,30)15-20-8-9-21(24)14-22(20)25/h4-9,14,16,19H,3,10-13,15H2,1-2H3,(H,26,28). The molecular formula is C23H28Cl2N2O3S. The van der Waals surface area contributed by atoms with Crippen molar-refractivity contribution in [1.82, 2.24) is 9.62 Å². The van der Waals surface area contributed by atoms with Gasteiger partial charge in [0.15, 0.2) is 0 Å². The zero-order valence-electron chi connectivity index (χ0n) is 17.8. The van der Waals surface area contributed by atoms with Crippen LogP contribution in [0.3, 0.4) is 0 Å². The summed E-state index contributed by atoms with van der Waals surface area (Å²) in [7, 11) is -3.52. The highest BCUT2D eigenvalue weighted by Crippen LogP contribution is 2.27. The number of hydrogen-bond donors (Lipinski definition) is 1. The number of aryl methyl sites for hydroxylation is 1. The van der Waals surface area contributed by atoms with Gasteiger partial charge in [-0.3, -0.25) is 4.79 Å². The molecule has 0 aromatic heterocycles. The van der Waals surface area contributed by atoms with Crippen LogP contribution in [0.1, 0.15) is 49.4 Å². The number of nitrogens with one attached hydrogen (secondary N) is 1. The fourth-order valence-corrected chi connectivity index (χ4v) is 5.93. The molecule has 1 aliphatic heterocycles. The molecule has 2 aromatic carbocycles. The molecule has 1 atom stereocenters. The molecule has 2 aromatic rings. The van der Waals surface area contributed by atoms with E-state index in [-0.39, 0.29) is 23.6 Å². The Morgan fingerprint density at radius 1 is 1.13 bits per heavy atom. The number of rotatable bonds is 7. The van der Waals surface area contributed by atoms with E-state index in [1.807, 2.05) is 19.1 Å². The summed E-state index contributed by atoms with van der Waals surface area (Å²) in [5.41, 5.74) is 2.84. The van der Waals surface area contributed by atoms with Crippen LogP contribution in [0.4, 0.5) is 0 Å². The van der Waals surface area contributed by atoms with Crippen LogP contribution in [-0.2, 0) is 27.0 Å². The molecule has 0 radical (unpaired) electrons. The molecule has 1 saturated heterocycles. The zero-order valence-corrected chi connectivity index (χ0v) is 20.1. The maximum Gasteiger partial charge on any atom is 0.223 e. The lowest BCUT2D eigenvalue weighted by molar-refractivity contribution is -0.126. The number of carbonyl (C=O) groups excluding carboxylic acids is 1. The molecule has 8 heteroatoms. The van der Waals surface area contributed by atoms with Crippen molar-refractivity contribution < 1.29 is 13.2 Å². The summed E-state index contributed by atoms with van der Waals surface area (Å²) in [6.07, 6.45) is 1.98. The van der Waals surface area contributed by atoms with Crippen LogP contribution in [-0.4, -0.2) is 31.7 Å². The minimum atomic E-state index is -3.52. The first kappa shape index (κ1) is 24.1. The van der Waals surface area contributed by atoms with Crippen LogP contribution >= 0.6 is 23.2 Å². The van der Waals surface area contributed by atoms with Crippen LogP contribution in [0.15, 0.2) is 42.5 Å². The van der Waals surface area contributed by atoms with Crippen LogP contribution in [0.2, 0.25) is 10.0 Å². The Kier molecular flexibility index (Phi) is 8.03. The molecule has 0 saturated carbocycles. The maximum atomic E-state index is 12.8. The Labute approximate surface area is 194 Å². The summed E-state index contributed by atoms with van der Waals surface area (Å²) in [5.74, 6) is -0.391. The van der Waals surface area contributed by atoms with Gasteiger partial charge in [0.05, 0.1) is 11.8 Å². The van der Waals surface area contributed by atoms with E-state index < -0.39 is 10.0 Å². The summed E-state index contributed by atoms with van der Waals surface area (Å²) >= 11 is 12.0. The minimum Gasteiger partial charge on any atom is -0.349 e. The summed E-state index contributed by atoms with van der Waals surface area (Å²) in [5, 5.41) is 3.88. The van der Waals surface area contributed by atoms with E-state index in [4.69, 9.17) is 23.2 Å². The molecule has 1 N–H and O–H groups in total. The van der Waals surface area contributed by atoms with Crippen molar-refractivity contribution in [2.45, 2.75) is 44.9 Å². The van der Waals surface area contributed by atoms with Crippen molar-refractivity contribution in [3.8, 4) is 0 Å². The molecule has 1 amide bonds. The first-order valence-electron chi connectivity index (χ1n) is 10.5. The number of amides is 1. The van der Waals surface area contributed by atoms with Gasteiger partial charge in [0, 0.05) is 29.1 Å². The lowest BCUT2D eigenvalue weighted by atomic mass is 9.96. The molecule has 3 rings (SSSR count). The van der Waals surface area contributed by atoms with Gasteiger partial charge in [-0.15, -0.1) is 0 Å². The SMILES string of the molecule is CCc1ccc(C(C)NC(=O)C2CCN(S(=O)(=O)Cc3ccc(Cl)cc3Cl)CC2)cc1. The van der Waals surface area contributed by atoms with Gasteiger partial charge >= 0.3 is 0 Å². The number of benzene rings is 2. The van der Waals surface area contributed by atoms with Gasteiger partial charge in [0.1, 0.15) is 0 Å². The summed E-state index contributed by atoms with van der Waals surface area (Å²) in [4.78, 5) is 12.7. The number of hydrogen-bond acceptors (Lipinski definition) is 3. The third-order valence-electron chi connectivity index (χ3n) is 5.82. The predicted molar refractivity (Wildman–Crippen MR) is 126 cm³/mol. The summed E-state index contributed by atoms with van der Waals surface area (Å²) in [6.45, 7) is 4.72. The molecule has 0 aliphatic carbocycles. The zero-order chi connectivity index (χ0) is 22.6. The number of carbonyl (C=O) groups is 1. The first-order valence-corrected chi connectivity index (χ1v) is 12.9.